The number of sulfone groups is 1. The van der Waals surface area contributed by atoms with Crippen LogP contribution in [0.1, 0.15) is 35.9 Å². The number of hydrogen-bond donors (Lipinski definition) is 1. The fraction of sp³-hybridized carbons (Fsp3) is 0.280. The molecule has 0 atom stereocenters. The lowest BCUT2D eigenvalue weighted by molar-refractivity contribution is -0.113. The van der Waals surface area contributed by atoms with Gasteiger partial charge in [-0.2, -0.15) is 0 Å². The zero-order valence-corrected chi connectivity index (χ0v) is 21.6. The van der Waals surface area contributed by atoms with Gasteiger partial charge in [-0.15, -0.1) is 16.8 Å². The highest BCUT2D eigenvalue weighted by atomic mass is 32.2. The molecule has 9 nitrogen and oxygen atoms in total. The summed E-state index contributed by atoms with van der Waals surface area (Å²) in [5.74, 6) is -0.712. The molecule has 0 bridgehead atoms. The average Bonchev–Trinajstić information content (AvgIpc) is 3.24. The van der Waals surface area contributed by atoms with Crippen LogP contribution in [0.3, 0.4) is 0 Å². The molecule has 190 valence electrons. The monoisotopic (exact) mass is 528 g/mol. The number of nitrogens with zero attached hydrogens (tertiary/aromatic N) is 3. The van der Waals surface area contributed by atoms with Crippen LogP contribution < -0.4 is 5.32 Å². The zero-order valence-electron chi connectivity index (χ0n) is 19.9. The summed E-state index contributed by atoms with van der Waals surface area (Å²) in [4.78, 5) is 24.7. The van der Waals surface area contributed by atoms with Gasteiger partial charge in [0.1, 0.15) is 11.6 Å². The van der Waals surface area contributed by atoms with Gasteiger partial charge in [0, 0.05) is 12.2 Å². The first-order chi connectivity index (χ1) is 17.3. The van der Waals surface area contributed by atoms with E-state index in [0.717, 1.165) is 24.6 Å². The normalized spacial score (nSPS) is 11.1. The fourth-order valence-electron chi connectivity index (χ4n) is 3.14. The minimum Gasteiger partial charge on any atom is -0.462 e. The molecule has 11 heteroatoms. The van der Waals surface area contributed by atoms with E-state index in [1.165, 1.54) is 12.1 Å². The lowest BCUT2D eigenvalue weighted by Gasteiger charge is -2.09. The van der Waals surface area contributed by atoms with Crippen molar-refractivity contribution in [1.29, 1.82) is 0 Å². The first-order valence-electron chi connectivity index (χ1n) is 11.3. The quantitative estimate of drug-likeness (QED) is 0.152. The van der Waals surface area contributed by atoms with E-state index in [1.54, 1.807) is 53.1 Å². The van der Waals surface area contributed by atoms with Crippen molar-refractivity contribution >= 4 is 39.2 Å². The minimum absolute atomic E-state index is 0.0293. The van der Waals surface area contributed by atoms with Gasteiger partial charge in [0.25, 0.3) is 0 Å². The number of carbonyl (C=O) groups excluding carboxylic acids is 2. The van der Waals surface area contributed by atoms with Crippen LogP contribution >= 0.6 is 11.8 Å². The fourth-order valence-corrected chi connectivity index (χ4v) is 5.19. The minimum atomic E-state index is -3.61. The Hall–Kier alpha value is -3.44. The molecule has 0 aliphatic carbocycles. The largest absolute Gasteiger partial charge is 0.462 e. The number of amides is 1. The zero-order chi connectivity index (χ0) is 26.0. The molecule has 0 saturated carbocycles. The Balaban J connectivity index is 1.60. The van der Waals surface area contributed by atoms with Crippen molar-refractivity contribution in [3.05, 3.63) is 78.6 Å². The van der Waals surface area contributed by atoms with E-state index in [9.17, 15) is 18.0 Å². The predicted octanol–water partition coefficient (Wildman–Crippen LogP) is 4.13. The van der Waals surface area contributed by atoms with Crippen molar-refractivity contribution in [3.8, 4) is 0 Å². The maximum absolute atomic E-state index is 12.8. The van der Waals surface area contributed by atoms with E-state index < -0.39 is 15.8 Å². The van der Waals surface area contributed by atoms with Crippen LogP contribution in [0.4, 0.5) is 5.69 Å². The van der Waals surface area contributed by atoms with Crippen LogP contribution in [0.2, 0.25) is 0 Å². The second-order valence-corrected chi connectivity index (χ2v) is 10.7. The number of benzene rings is 2. The Bertz CT molecular complexity index is 1290. The van der Waals surface area contributed by atoms with Gasteiger partial charge in [0.15, 0.2) is 15.0 Å². The smallest absolute Gasteiger partial charge is 0.338 e. The van der Waals surface area contributed by atoms with Gasteiger partial charge in [0.2, 0.25) is 5.91 Å². The second-order valence-electron chi connectivity index (χ2n) is 7.77. The first-order valence-corrected chi connectivity index (χ1v) is 14.0. The number of esters is 1. The molecular formula is C25H28N4O5S2. The van der Waals surface area contributed by atoms with Crippen LogP contribution in [0.15, 0.2) is 77.3 Å². The molecule has 0 aliphatic rings. The molecular weight excluding hydrogens is 500 g/mol. The number of allylic oxidation sites excluding steroid dienone is 1. The van der Waals surface area contributed by atoms with Gasteiger partial charge in [0.05, 0.1) is 22.8 Å². The lowest BCUT2D eigenvalue weighted by atomic mass is 10.2. The molecule has 0 fully saturated rings. The summed E-state index contributed by atoms with van der Waals surface area (Å²) in [5, 5.41) is 11.3. The topological polar surface area (TPSA) is 120 Å². The van der Waals surface area contributed by atoms with Gasteiger partial charge >= 0.3 is 5.97 Å². The van der Waals surface area contributed by atoms with Crippen LogP contribution in [0.5, 0.6) is 0 Å². The molecule has 0 radical (unpaired) electrons. The third-order valence-electron chi connectivity index (χ3n) is 4.99. The van der Waals surface area contributed by atoms with E-state index in [0.29, 0.717) is 29.6 Å². The van der Waals surface area contributed by atoms with Crippen molar-refractivity contribution in [2.24, 2.45) is 0 Å². The number of carbonyl (C=O) groups is 2. The van der Waals surface area contributed by atoms with Crippen LogP contribution in [0.25, 0.3) is 0 Å². The van der Waals surface area contributed by atoms with E-state index >= 15 is 0 Å². The molecule has 0 aliphatic heterocycles. The molecule has 36 heavy (non-hydrogen) atoms. The lowest BCUT2D eigenvalue weighted by Crippen LogP contribution is -2.15. The van der Waals surface area contributed by atoms with Crippen molar-refractivity contribution in [2.45, 2.75) is 42.1 Å². The summed E-state index contributed by atoms with van der Waals surface area (Å²) in [5.41, 5.74) is 0.946. The number of unbranched alkanes of at least 4 members (excludes halogenated alkanes) is 1. The van der Waals surface area contributed by atoms with Crippen LogP contribution in [-0.4, -0.2) is 47.4 Å². The maximum atomic E-state index is 12.8. The van der Waals surface area contributed by atoms with E-state index in [1.807, 2.05) is 6.92 Å². The summed E-state index contributed by atoms with van der Waals surface area (Å²) in [6.07, 6.45) is 3.36. The maximum Gasteiger partial charge on any atom is 0.338 e. The molecule has 1 heterocycles. The number of nitrogens with one attached hydrogen (secondary N) is 1. The highest BCUT2D eigenvalue weighted by Crippen LogP contribution is 2.21. The molecule has 3 rings (SSSR count). The Morgan fingerprint density at radius 3 is 2.50 bits per heavy atom. The number of rotatable bonds is 13. The van der Waals surface area contributed by atoms with Crippen molar-refractivity contribution < 1.29 is 22.7 Å². The number of thioether (sulfide) groups is 1. The van der Waals surface area contributed by atoms with Gasteiger partial charge in [-0.25, -0.2) is 13.2 Å². The Morgan fingerprint density at radius 2 is 1.83 bits per heavy atom. The Labute approximate surface area is 214 Å². The summed E-state index contributed by atoms with van der Waals surface area (Å²) in [6, 6.07) is 14.6. The first kappa shape index (κ1) is 27.2. The number of ether oxygens (including phenoxy) is 1. The SMILES string of the molecule is C=CCn1c(CS(=O)(=O)c2ccccc2)nnc1SCC(=O)Nc1ccc(C(=O)OCCCC)cc1. The highest BCUT2D eigenvalue weighted by Gasteiger charge is 2.21. The molecule has 0 saturated heterocycles. The third kappa shape index (κ3) is 7.53. The second kappa shape index (κ2) is 13.0. The van der Waals surface area contributed by atoms with Crippen molar-refractivity contribution in [2.75, 3.05) is 17.7 Å². The van der Waals surface area contributed by atoms with E-state index in [2.05, 4.69) is 22.1 Å². The van der Waals surface area contributed by atoms with Crippen molar-refractivity contribution in [1.82, 2.24) is 14.8 Å². The van der Waals surface area contributed by atoms with E-state index in [4.69, 9.17) is 4.74 Å². The molecule has 1 aromatic heterocycles. The van der Waals surface area contributed by atoms with Crippen LogP contribution in [0, 0.1) is 0 Å². The van der Waals surface area contributed by atoms with Crippen molar-refractivity contribution in [3.63, 3.8) is 0 Å². The number of hydrogen-bond acceptors (Lipinski definition) is 8. The summed E-state index contributed by atoms with van der Waals surface area (Å²) in [7, 11) is -3.61. The predicted molar refractivity (Wildman–Crippen MR) is 139 cm³/mol. The molecule has 3 aromatic rings. The van der Waals surface area contributed by atoms with Gasteiger partial charge in [-0.05, 0) is 42.8 Å². The van der Waals surface area contributed by atoms with Gasteiger partial charge < -0.3 is 14.6 Å². The Morgan fingerprint density at radius 1 is 1.11 bits per heavy atom. The molecule has 1 N–H and O–H groups in total. The summed E-state index contributed by atoms with van der Waals surface area (Å²) in [6.45, 7) is 6.41. The van der Waals surface area contributed by atoms with Gasteiger partial charge in [-0.1, -0.05) is 49.4 Å². The van der Waals surface area contributed by atoms with Crippen LogP contribution in [-0.2, 0) is 31.7 Å². The highest BCUT2D eigenvalue weighted by molar-refractivity contribution is 7.99. The number of aromatic nitrogens is 3. The Kier molecular flexibility index (Phi) is 9.83. The van der Waals surface area contributed by atoms with Gasteiger partial charge in [-0.3, -0.25) is 4.79 Å². The number of anilines is 1. The molecule has 2 aromatic carbocycles. The average molecular weight is 529 g/mol. The molecule has 0 unspecified atom stereocenters. The van der Waals surface area contributed by atoms with E-state index in [-0.39, 0.29) is 28.1 Å². The summed E-state index contributed by atoms with van der Waals surface area (Å²) >= 11 is 1.14. The summed E-state index contributed by atoms with van der Waals surface area (Å²) < 4.78 is 32.3. The molecule has 1 amide bonds. The molecule has 0 spiro atoms. The third-order valence-corrected chi connectivity index (χ3v) is 7.59. The standard InChI is InChI=1S/C25H28N4O5S2/c1-3-5-16-34-24(31)19-11-13-20(14-12-19)26-23(30)17-35-25-28-27-22(29(25)15-4-2)18-36(32,33)21-9-7-6-8-10-21/h4,6-14H,2-3,5,15-18H2,1H3,(H,26,30).